The largest absolute Gasteiger partial charge is 0.369 e. The van der Waals surface area contributed by atoms with Crippen molar-refractivity contribution in [2.24, 2.45) is 0 Å². The molecule has 12 heteroatoms. The number of nitrogens with zero attached hydrogens (tertiary/aromatic N) is 5. The molecule has 0 unspecified atom stereocenters. The second kappa shape index (κ2) is 10.6. The van der Waals surface area contributed by atoms with Crippen LogP contribution in [0.5, 0.6) is 0 Å². The van der Waals surface area contributed by atoms with Crippen LogP contribution in [0.15, 0.2) is 29.6 Å². The SMILES string of the molecule is CCCNc1nc(SC(C)C)nc2c1cnn2CCNC(=O)c1ccc(Cl)c([N+](=O)[O-])c1. The number of anilines is 1. The highest BCUT2D eigenvalue weighted by molar-refractivity contribution is 7.99. The van der Waals surface area contributed by atoms with Crippen LogP contribution in [0.3, 0.4) is 0 Å². The number of halogens is 1. The molecule has 1 aromatic carbocycles. The van der Waals surface area contributed by atoms with E-state index < -0.39 is 10.8 Å². The highest BCUT2D eigenvalue weighted by Gasteiger charge is 2.17. The molecule has 170 valence electrons. The summed E-state index contributed by atoms with van der Waals surface area (Å²) in [5, 5.41) is 23.3. The number of hydrogen-bond acceptors (Lipinski definition) is 8. The summed E-state index contributed by atoms with van der Waals surface area (Å²) in [5.74, 6) is 0.306. The lowest BCUT2D eigenvalue weighted by molar-refractivity contribution is -0.384. The first-order chi connectivity index (χ1) is 15.3. The lowest BCUT2D eigenvalue weighted by atomic mass is 10.2. The van der Waals surface area contributed by atoms with E-state index in [4.69, 9.17) is 11.6 Å². The van der Waals surface area contributed by atoms with Crippen molar-refractivity contribution in [1.29, 1.82) is 0 Å². The minimum absolute atomic E-state index is 0.0168. The number of benzene rings is 1. The van der Waals surface area contributed by atoms with E-state index in [2.05, 4.69) is 46.5 Å². The van der Waals surface area contributed by atoms with E-state index in [0.29, 0.717) is 22.6 Å². The van der Waals surface area contributed by atoms with E-state index in [-0.39, 0.29) is 22.8 Å². The summed E-state index contributed by atoms with van der Waals surface area (Å²) in [5.41, 5.74) is 0.532. The number of rotatable bonds is 10. The zero-order valence-corrected chi connectivity index (χ0v) is 19.5. The molecule has 0 atom stereocenters. The maximum absolute atomic E-state index is 12.4. The molecule has 2 aromatic heterocycles. The predicted octanol–water partition coefficient (Wildman–Crippen LogP) is 4.14. The highest BCUT2D eigenvalue weighted by Crippen LogP contribution is 2.27. The van der Waals surface area contributed by atoms with E-state index in [1.165, 1.54) is 12.1 Å². The summed E-state index contributed by atoms with van der Waals surface area (Å²) in [4.78, 5) is 32.1. The van der Waals surface area contributed by atoms with Crippen LogP contribution in [0.25, 0.3) is 11.0 Å². The summed E-state index contributed by atoms with van der Waals surface area (Å²) in [6.07, 6.45) is 2.67. The topological polar surface area (TPSA) is 128 Å². The van der Waals surface area contributed by atoms with Gasteiger partial charge in [-0.05, 0) is 18.6 Å². The molecule has 2 N–H and O–H groups in total. The van der Waals surface area contributed by atoms with Gasteiger partial charge in [0.05, 0.1) is 23.1 Å². The van der Waals surface area contributed by atoms with E-state index in [9.17, 15) is 14.9 Å². The first-order valence-corrected chi connectivity index (χ1v) is 11.4. The second-order valence-electron chi connectivity index (χ2n) is 7.23. The van der Waals surface area contributed by atoms with Gasteiger partial charge in [0.15, 0.2) is 10.8 Å². The van der Waals surface area contributed by atoms with E-state index in [1.807, 2.05) is 0 Å². The van der Waals surface area contributed by atoms with Crippen molar-refractivity contribution in [3.63, 3.8) is 0 Å². The van der Waals surface area contributed by atoms with Crippen molar-refractivity contribution >= 4 is 51.8 Å². The number of nitro groups is 1. The van der Waals surface area contributed by atoms with Crippen molar-refractivity contribution in [3.05, 3.63) is 45.1 Å². The number of hydrogen-bond donors (Lipinski definition) is 2. The van der Waals surface area contributed by atoms with Crippen LogP contribution in [-0.4, -0.2) is 48.9 Å². The summed E-state index contributed by atoms with van der Waals surface area (Å²) in [7, 11) is 0. The average molecular weight is 478 g/mol. The Morgan fingerprint density at radius 2 is 2.09 bits per heavy atom. The minimum atomic E-state index is -0.619. The second-order valence-corrected chi connectivity index (χ2v) is 9.18. The molecule has 0 aliphatic rings. The molecule has 2 heterocycles. The molecule has 0 saturated heterocycles. The number of amides is 1. The van der Waals surface area contributed by atoms with Gasteiger partial charge in [-0.25, -0.2) is 14.6 Å². The van der Waals surface area contributed by atoms with Crippen LogP contribution < -0.4 is 10.6 Å². The lowest BCUT2D eigenvalue weighted by Crippen LogP contribution is -2.27. The monoisotopic (exact) mass is 477 g/mol. The Hall–Kier alpha value is -2.92. The fourth-order valence-corrected chi connectivity index (χ4v) is 3.80. The van der Waals surface area contributed by atoms with Crippen LogP contribution in [0, 0.1) is 10.1 Å². The molecule has 3 aromatic rings. The number of aromatic nitrogens is 4. The van der Waals surface area contributed by atoms with E-state index >= 15 is 0 Å². The summed E-state index contributed by atoms with van der Waals surface area (Å²) in [6.45, 7) is 7.65. The molecule has 0 aliphatic carbocycles. The Bertz CT molecular complexity index is 1140. The van der Waals surface area contributed by atoms with Crippen LogP contribution in [-0.2, 0) is 6.54 Å². The maximum Gasteiger partial charge on any atom is 0.288 e. The Kier molecular flexibility index (Phi) is 7.86. The molecule has 3 rings (SSSR count). The molecule has 0 bridgehead atoms. The molecule has 32 heavy (non-hydrogen) atoms. The molecular weight excluding hydrogens is 454 g/mol. The first kappa shape index (κ1) is 23.7. The number of carbonyl (C=O) groups excluding carboxylic acids is 1. The standard InChI is InChI=1S/C20H24ClN7O3S/c1-4-7-22-17-14-11-24-27(18(14)26-20(25-17)32-12(2)3)9-8-23-19(29)13-5-6-15(21)16(10-13)28(30)31/h5-6,10-12H,4,7-9H2,1-3H3,(H,23,29)(H,22,25,26). The van der Waals surface area contributed by atoms with Crippen LogP contribution >= 0.6 is 23.4 Å². The van der Waals surface area contributed by atoms with Gasteiger partial charge in [0, 0.05) is 30.0 Å². The third-order valence-electron chi connectivity index (χ3n) is 4.37. The normalized spacial score (nSPS) is 11.2. The van der Waals surface area contributed by atoms with Gasteiger partial charge in [-0.2, -0.15) is 5.10 Å². The number of nitrogens with one attached hydrogen (secondary N) is 2. The van der Waals surface area contributed by atoms with Gasteiger partial charge < -0.3 is 10.6 Å². The van der Waals surface area contributed by atoms with Crippen LogP contribution in [0.2, 0.25) is 5.02 Å². The van der Waals surface area contributed by atoms with Crippen molar-refractivity contribution in [1.82, 2.24) is 25.1 Å². The molecule has 0 saturated carbocycles. The highest BCUT2D eigenvalue weighted by atomic mass is 35.5. The van der Waals surface area contributed by atoms with Crippen molar-refractivity contribution in [2.75, 3.05) is 18.4 Å². The maximum atomic E-state index is 12.4. The number of fused-ring (bicyclic) bond motifs is 1. The molecule has 0 spiro atoms. The summed E-state index contributed by atoms with van der Waals surface area (Å²) < 4.78 is 1.71. The Balaban J connectivity index is 1.75. The molecule has 0 fully saturated rings. The van der Waals surface area contributed by atoms with Gasteiger partial charge in [0.2, 0.25) is 0 Å². The van der Waals surface area contributed by atoms with E-state index in [1.54, 1.807) is 22.6 Å². The van der Waals surface area contributed by atoms with Gasteiger partial charge >= 0.3 is 0 Å². The fourth-order valence-electron chi connectivity index (χ4n) is 2.91. The number of thioether (sulfide) groups is 1. The van der Waals surface area contributed by atoms with Gasteiger partial charge in [0.1, 0.15) is 10.8 Å². The predicted molar refractivity (Wildman–Crippen MR) is 126 cm³/mol. The molecular formula is C20H24ClN7O3S. The molecule has 0 aliphatic heterocycles. The van der Waals surface area contributed by atoms with Crippen molar-refractivity contribution in [3.8, 4) is 0 Å². The molecule has 1 amide bonds. The quantitative estimate of drug-likeness (QED) is 0.193. The third kappa shape index (κ3) is 5.65. The van der Waals surface area contributed by atoms with Gasteiger partial charge in [-0.3, -0.25) is 14.9 Å². The van der Waals surface area contributed by atoms with Gasteiger partial charge in [0.25, 0.3) is 11.6 Å². The van der Waals surface area contributed by atoms with Crippen LogP contribution in [0.1, 0.15) is 37.6 Å². The Morgan fingerprint density at radius 1 is 1.31 bits per heavy atom. The zero-order chi connectivity index (χ0) is 23.3. The smallest absolute Gasteiger partial charge is 0.288 e. The van der Waals surface area contributed by atoms with Crippen molar-refractivity contribution in [2.45, 2.75) is 44.1 Å². The lowest BCUT2D eigenvalue weighted by Gasteiger charge is -2.10. The van der Waals surface area contributed by atoms with Gasteiger partial charge in [-0.15, -0.1) is 0 Å². The number of carbonyl (C=O) groups is 1. The van der Waals surface area contributed by atoms with E-state index in [0.717, 1.165) is 30.2 Å². The molecule has 10 nitrogen and oxygen atoms in total. The molecule has 0 radical (unpaired) electrons. The minimum Gasteiger partial charge on any atom is -0.369 e. The zero-order valence-electron chi connectivity index (χ0n) is 18.0. The summed E-state index contributed by atoms with van der Waals surface area (Å²) in [6, 6.07) is 3.95. The first-order valence-electron chi connectivity index (χ1n) is 10.2. The Morgan fingerprint density at radius 3 is 2.78 bits per heavy atom. The summed E-state index contributed by atoms with van der Waals surface area (Å²) >= 11 is 7.37. The average Bonchev–Trinajstić information content (AvgIpc) is 3.14. The van der Waals surface area contributed by atoms with Gasteiger partial charge in [-0.1, -0.05) is 44.1 Å². The third-order valence-corrected chi connectivity index (χ3v) is 5.56. The Labute approximate surface area is 194 Å². The van der Waals surface area contributed by atoms with Crippen molar-refractivity contribution < 1.29 is 9.72 Å². The van der Waals surface area contributed by atoms with Crippen LogP contribution in [0.4, 0.5) is 11.5 Å². The number of nitro benzene ring substituents is 1. The fraction of sp³-hybridized carbons (Fsp3) is 0.400.